The highest BCUT2D eigenvalue weighted by molar-refractivity contribution is 5.81. The highest BCUT2D eigenvalue weighted by Gasteiger charge is 2.47. The normalized spacial score (nSPS) is 21.6. The van der Waals surface area contributed by atoms with Gasteiger partial charge in [0.15, 0.2) is 0 Å². The topological polar surface area (TPSA) is 51.5 Å². The summed E-state index contributed by atoms with van der Waals surface area (Å²) < 4.78 is 24.4. The Bertz CT molecular complexity index is 755. The van der Waals surface area contributed by atoms with Crippen LogP contribution >= 0.6 is 0 Å². The van der Waals surface area contributed by atoms with Crippen LogP contribution in [0.1, 0.15) is 44.4 Å². The third-order valence-electron chi connectivity index (χ3n) is 5.57. The van der Waals surface area contributed by atoms with Crippen molar-refractivity contribution in [2.45, 2.75) is 38.6 Å². The second-order valence-electron chi connectivity index (χ2n) is 7.28. The summed E-state index contributed by atoms with van der Waals surface area (Å²) in [5.74, 6) is 0.547. The lowest BCUT2D eigenvalue weighted by atomic mass is 9.58. The first-order valence-electron chi connectivity index (χ1n) is 8.62. The summed E-state index contributed by atoms with van der Waals surface area (Å²) in [6, 6.07) is 6.01. The number of fused-ring (bicyclic) bond motifs is 1. The Kier molecular flexibility index (Phi) is 3.83. The van der Waals surface area contributed by atoms with Crippen molar-refractivity contribution in [3.8, 4) is 0 Å². The van der Waals surface area contributed by atoms with Crippen LogP contribution in [-0.4, -0.2) is 19.1 Å². The molecule has 1 aromatic heterocycles. The molecular weight excluding hydrogens is 309 g/mol. The third kappa shape index (κ3) is 2.81. The molecule has 1 aliphatic heterocycles. The molecule has 1 spiro atoms. The van der Waals surface area contributed by atoms with Crippen LogP contribution in [0.5, 0.6) is 0 Å². The first-order valence-corrected chi connectivity index (χ1v) is 8.62. The minimum absolute atomic E-state index is 0.0891. The Morgan fingerprint density at radius 3 is 2.79 bits per heavy atom. The fourth-order valence-electron chi connectivity index (χ4n) is 4.03. The van der Waals surface area contributed by atoms with Crippen LogP contribution in [0.2, 0.25) is 0 Å². The molecule has 1 amide bonds. The number of furan rings is 1. The molecule has 1 atom stereocenters. The van der Waals surface area contributed by atoms with Crippen molar-refractivity contribution in [1.82, 2.24) is 5.32 Å². The van der Waals surface area contributed by atoms with Crippen molar-refractivity contribution in [3.05, 3.63) is 35.8 Å². The van der Waals surface area contributed by atoms with Gasteiger partial charge in [-0.2, -0.15) is 0 Å². The zero-order valence-electron chi connectivity index (χ0n) is 13.8. The van der Waals surface area contributed by atoms with Gasteiger partial charge in [-0.1, -0.05) is 0 Å². The molecule has 5 heteroatoms. The van der Waals surface area contributed by atoms with Crippen molar-refractivity contribution in [3.63, 3.8) is 0 Å². The van der Waals surface area contributed by atoms with Crippen molar-refractivity contribution in [1.29, 1.82) is 0 Å². The molecule has 1 aromatic carbocycles. The molecule has 1 N–H and O–H groups in total. The van der Waals surface area contributed by atoms with E-state index in [1.54, 1.807) is 12.1 Å². The van der Waals surface area contributed by atoms with Gasteiger partial charge in [-0.05, 0) is 62.3 Å². The smallest absolute Gasteiger partial charge is 0.223 e. The summed E-state index contributed by atoms with van der Waals surface area (Å²) in [5, 5.41) is 3.76. The van der Waals surface area contributed by atoms with E-state index in [1.807, 2.05) is 6.92 Å². The summed E-state index contributed by atoms with van der Waals surface area (Å²) in [4.78, 5) is 12.5. The summed E-state index contributed by atoms with van der Waals surface area (Å²) in [7, 11) is 0. The molecule has 0 radical (unpaired) electrons. The van der Waals surface area contributed by atoms with Crippen LogP contribution in [0, 0.1) is 17.2 Å². The molecule has 2 aliphatic rings. The van der Waals surface area contributed by atoms with Crippen LogP contribution in [0.25, 0.3) is 11.0 Å². The lowest BCUT2D eigenvalue weighted by Crippen LogP contribution is -2.48. The highest BCUT2D eigenvalue weighted by Crippen LogP contribution is 2.52. The number of hydrogen-bond donors (Lipinski definition) is 1. The van der Waals surface area contributed by atoms with E-state index in [0.717, 1.165) is 44.3 Å². The number of carbonyl (C=O) groups excluding carboxylic acids is 1. The molecule has 1 aliphatic carbocycles. The third-order valence-corrected chi connectivity index (χ3v) is 5.57. The summed E-state index contributed by atoms with van der Waals surface area (Å²) in [6.45, 7) is 3.54. The van der Waals surface area contributed by atoms with Crippen molar-refractivity contribution in [2.75, 3.05) is 13.2 Å². The van der Waals surface area contributed by atoms with Crippen LogP contribution in [0.4, 0.5) is 4.39 Å². The predicted molar refractivity (Wildman–Crippen MR) is 87.9 cm³/mol. The Labute approximate surface area is 140 Å². The van der Waals surface area contributed by atoms with Crippen LogP contribution in [0.15, 0.2) is 28.7 Å². The zero-order valence-corrected chi connectivity index (χ0v) is 13.8. The van der Waals surface area contributed by atoms with Crippen LogP contribution < -0.4 is 5.32 Å². The molecule has 1 saturated carbocycles. The SMILES string of the molecule is CC(NC(=O)C1CC2(CCOCC2)C1)c1cc2cc(F)ccc2o1. The number of hydrogen-bond acceptors (Lipinski definition) is 3. The molecule has 4 nitrogen and oxygen atoms in total. The number of carbonyl (C=O) groups is 1. The van der Waals surface area contributed by atoms with E-state index in [4.69, 9.17) is 9.15 Å². The number of nitrogens with one attached hydrogen (secondary N) is 1. The van der Waals surface area contributed by atoms with Crippen LogP contribution in [0.3, 0.4) is 0 Å². The lowest BCUT2D eigenvalue weighted by Gasteiger charge is -2.49. The molecule has 128 valence electrons. The van der Waals surface area contributed by atoms with E-state index < -0.39 is 0 Å². The zero-order chi connectivity index (χ0) is 16.7. The lowest BCUT2D eigenvalue weighted by molar-refractivity contribution is -0.138. The van der Waals surface area contributed by atoms with Gasteiger partial charge in [0.2, 0.25) is 5.91 Å². The number of ether oxygens (including phenoxy) is 1. The van der Waals surface area contributed by atoms with E-state index in [0.29, 0.717) is 16.8 Å². The predicted octanol–water partition coefficient (Wildman–Crippen LogP) is 3.96. The average molecular weight is 331 g/mol. The van der Waals surface area contributed by atoms with E-state index >= 15 is 0 Å². The van der Waals surface area contributed by atoms with Crippen molar-refractivity contribution in [2.24, 2.45) is 11.3 Å². The van der Waals surface area contributed by atoms with Crippen molar-refractivity contribution >= 4 is 16.9 Å². The van der Waals surface area contributed by atoms with E-state index in [1.165, 1.54) is 12.1 Å². The Morgan fingerprint density at radius 1 is 1.29 bits per heavy atom. The van der Waals surface area contributed by atoms with Gasteiger partial charge in [0.1, 0.15) is 17.2 Å². The van der Waals surface area contributed by atoms with Gasteiger partial charge >= 0.3 is 0 Å². The molecule has 24 heavy (non-hydrogen) atoms. The number of rotatable bonds is 3. The van der Waals surface area contributed by atoms with E-state index in [2.05, 4.69) is 5.32 Å². The van der Waals surface area contributed by atoms with E-state index in [9.17, 15) is 9.18 Å². The van der Waals surface area contributed by atoms with Gasteiger partial charge in [0, 0.05) is 24.5 Å². The second kappa shape index (κ2) is 5.88. The van der Waals surface area contributed by atoms with Crippen molar-refractivity contribution < 1.29 is 18.3 Å². The first kappa shape index (κ1) is 15.6. The molecule has 2 heterocycles. The summed E-state index contributed by atoms with van der Waals surface area (Å²) in [5.41, 5.74) is 0.970. The molecule has 0 bridgehead atoms. The Morgan fingerprint density at radius 2 is 2.04 bits per heavy atom. The first-order chi connectivity index (χ1) is 11.5. The quantitative estimate of drug-likeness (QED) is 0.926. The maximum Gasteiger partial charge on any atom is 0.223 e. The fourth-order valence-corrected chi connectivity index (χ4v) is 4.03. The molecule has 1 saturated heterocycles. The minimum atomic E-state index is -0.289. The van der Waals surface area contributed by atoms with Gasteiger partial charge in [0.05, 0.1) is 6.04 Å². The summed E-state index contributed by atoms with van der Waals surface area (Å²) >= 11 is 0. The molecular formula is C19H22FNO3. The standard InChI is InChI=1S/C19H22FNO3/c1-12(17-9-13-8-15(20)2-3-16(13)24-17)21-18(22)14-10-19(11-14)4-6-23-7-5-19/h2-3,8-9,12,14H,4-7,10-11H2,1H3,(H,21,22). The molecule has 4 rings (SSSR count). The fraction of sp³-hybridized carbons (Fsp3) is 0.526. The van der Waals surface area contributed by atoms with Crippen LogP contribution in [-0.2, 0) is 9.53 Å². The number of halogens is 1. The largest absolute Gasteiger partial charge is 0.459 e. The Balaban J connectivity index is 1.38. The average Bonchev–Trinajstić information content (AvgIpc) is 2.96. The molecule has 1 unspecified atom stereocenters. The Hall–Kier alpha value is -1.88. The monoisotopic (exact) mass is 331 g/mol. The van der Waals surface area contributed by atoms with E-state index in [-0.39, 0.29) is 23.7 Å². The maximum atomic E-state index is 13.3. The van der Waals surface area contributed by atoms with Gasteiger partial charge in [0.25, 0.3) is 0 Å². The second-order valence-corrected chi connectivity index (χ2v) is 7.28. The molecule has 2 aromatic rings. The number of benzene rings is 1. The minimum Gasteiger partial charge on any atom is -0.459 e. The molecule has 2 fully saturated rings. The maximum absolute atomic E-state index is 13.3. The van der Waals surface area contributed by atoms with Gasteiger partial charge in [-0.3, -0.25) is 4.79 Å². The highest BCUT2D eigenvalue weighted by atomic mass is 19.1. The van der Waals surface area contributed by atoms with Gasteiger partial charge in [-0.15, -0.1) is 0 Å². The van der Waals surface area contributed by atoms with Gasteiger partial charge < -0.3 is 14.5 Å². The van der Waals surface area contributed by atoms with Gasteiger partial charge in [-0.25, -0.2) is 4.39 Å². The number of amides is 1. The summed E-state index contributed by atoms with van der Waals surface area (Å²) in [6.07, 6.45) is 4.06.